The third kappa shape index (κ3) is 3.35. The van der Waals surface area contributed by atoms with Crippen molar-refractivity contribution in [3.8, 4) is 0 Å². The molecule has 4 nitrogen and oxygen atoms in total. The number of benzene rings is 1. The molecule has 112 valence electrons. The summed E-state index contributed by atoms with van der Waals surface area (Å²) >= 11 is 3.49. The number of halogens is 1. The molecule has 2 aromatic rings. The van der Waals surface area contributed by atoms with E-state index in [0.29, 0.717) is 12.0 Å². The van der Waals surface area contributed by atoms with Gasteiger partial charge in [-0.15, -0.1) is 0 Å². The zero-order valence-electron chi connectivity index (χ0n) is 12.4. The zero-order valence-corrected chi connectivity index (χ0v) is 14.0. The van der Waals surface area contributed by atoms with Crippen molar-refractivity contribution in [2.75, 3.05) is 6.54 Å². The fourth-order valence-corrected chi connectivity index (χ4v) is 3.08. The van der Waals surface area contributed by atoms with Crippen molar-refractivity contribution in [2.45, 2.75) is 45.2 Å². The molecule has 3 rings (SSSR count). The summed E-state index contributed by atoms with van der Waals surface area (Å²) in [5.74, 6) is 1.83. The molecule has 1 aromatic carbocycles. The average Bonchev–Trinajstić information content (AvgIpc) is 3.10. The van der Waals surface area contributed by atoms with Crippen LogP contribution in [0, 0.1) is 0 Å². The molecule has 5 heteroatoms. The molecule has 0 spiro atoms. The van der Waals surface area contributed by atoms with Crippen LogP contribution in [0.3, 0.4) is 0 Å². The quantitative estimate of drug-likeness (QED) is 0.825. The number of hydrogen-bond donors (Lipinski definition) is 0. The first kappa shape index (κ1) is 14.7. The maximum Gasteiger partial charge on any atom is 0.240 e. The van der Waals surface area contributed by atoms with Gasteiger partial charge in [0.05, 0.1) is 6.54 Å². The first-order chi connectivity index (χ1) is 10.1. The Morgan fingerprint density at radius 1 is 1.33 bits per heavy atom. The Kier molecular flexibility index (Phi) is 4.40. The minimum Gasteiger partial charge on any atom is -0.338 e. The van der Waals surface area contributed by atoms with Gasteiger partial charge < -0.3 is 4.52 Å². The topological polar surface area (TPSA) is 42.2 Å². The van der Waals surface area contributed by atoms with Gasteiger partial charge in [-0.1, -0.05) is 47.1 Å². The van der Waals surface area contributed by atoms with Crippen molar-refractivity contribution in [3.05, 3.63) is 46.0 Å². The highest BCUT2D eigenvalue weighted by Crippen LogP contribution is 2.33. The Bertz CT molecular complexity index is 594. The lowest BCUT2D eigenvalue weighted by Gasteiger charge is -2.23. The van der Waals surface area contributed by atoms with E-state index in [1.165, 1.54) is 18.4 Å². The molecule has 1 aliphatic rings. The second kappa shape index (κ2) is 6.28. The lowest BCUT2D eigenvalue weighted by atomic mass is 10.0. The monoisotopic (exact) mass is 349 g/mol. The minimum absolute atomic E-state index is 0.309. The number of aromatic nitrogens is 2. The van der Waals surface area contributed by atoms with E-state index in [4.69, 9.17) is 4.52 Å². The third-order valence-electron chi connectivity index (χ3n) is 3.96. The van der Waals surface area contributed by atoms with E-state index < -0.39 is 0 Å². The number of nitrogens with zero attached hydrogens (tertiary/aromatic N) is 3. The largest absolute Gasteiger partial charge is 0.338 e. The normalized spacial score (nSPS) is 19.5. The fraction of sp³-hybridized carbons (Fsp3) is 0.500. The molecule has 0 aliphatic carbocycles. The summed E-state index contributed by atoms with van der Waals surface area (Å²) in [4.78, 5) is 6.92. The highest BCUT2D eigenvalue weighted by atomic mass is 79.9. The molecule has 1 atom stereocenters. The number of rotatable bonds is 4. The van der Waals surface area contributed by atoms with Crippen molar-refractivity contribution >= 4 is 15.9 Å². The molecule has 0 N–H and O–H groups in total. The SMILES string of the molecule is CC(C)c1noc(CN2CCCC2c2ccc(Br)cc2)n1. The van der Waals surface area contributed by atoms with Gasteiger partial charge in [0, 0.05) is 16.4 Å². The molecule has 1 unspecified atom stereocenters. The Morgan fingerprint density at radius 2 is 2.10 bits per heavy atom. The standard InChI is InChI=1S/C16H20BrN3O/c1-11(2)16-18-15(21-19-16)10-20-9-3-4-14(20)12-5-7-13(17)8-6-12/h5-8,11,14H,3-4,9-10H2,1-2H3. The van der Waals surface area contributed by atoms with Crippen molar-refractivity contribution in [1.82, 2.24) is 15.0 Å². The van der Waals surface area contributed by atoms with Gasteiger partial charge in [0.2, 0.25) is 5.89 Å². The summed E-state index contributed by atoms with van der Waals surface area (Å²) in [5.41, 5.74) is 1.36. The maximum absolute atomic E-state index is 5.38. The van der Waals surface area contributed by atoms with Crippen molar-refractivity contribution in [3.63, 3.8) is 0 Å². The van der Waals surface area contributed by atoms with E-state index >= 15 is 0 Å². The first-order valence-electron chi connectivity index (χ1n) is 7.45. The van der Waals surface area contributed by atoms with Gasteiger partial charge in [-0.2, -0.15) is 4.98 Å². The van der Waals surface area contributed by atoms with Gasteiger partial charge in [-0.25, -0.2) is 0 Å². The molecule has 1 saturated heterocycles. The number of hydrogen-bond acceptors (Lipinski definition) is 4. The lowest BCUT2D eigenvalue weighted by molar-refractivity contribution is 0.212. The van der Waals surface area contributed by atoms with Gasteiger partial charge in [0.25, 0.3) is 0 Å². The highest BCUT2D eigenvalue weighted by Gasteiger charge is 2.27. The van der Waals surface area contributed by atoms with Crippen LogP contribution in [0.5, 0.6) is 0 Å². The Labute approximate surface area is 133 Å². The summed E-state index contributed by atoms with van der Waals surface area (Å²) in [6.07, 6.45) is 2.40. The number of likely N-dealkylation sites (tertiary alicyclic amines) is 1. The van der Waals surface area contributed by atoms with Gasteiger partial charge in [-0.05, 0) is 37.1 Å². The van der Waals surface area contributed by atoms with Crippen LogP contribution >= 0.6 is 15.9 Å². The van der Waals surface area contributed by atoms with E-state index in [9.17, 15) is 0 Å². The van der Waals surface area contributed by atoms with Crippen LogP contribution in [0.2, 0.25) is 0 Å². The van der Waals surface area contributed by atoms with Crippen LogP contribution in [0.15, 0.2) is 33.3 Å². The second-order valence-corrected chi connectivity index (χ2v) is 6.80. The molecular weight excluding hydrogens is 330 g/mol. The lowest BCUT2D eigenvalue weighted by Crippen LogP contribution is -2.23. The Morgan fingerprint density at radius 3 is 2.76 bits per heavy atom. The van der Waals surface area contributed by atoms with Crippen LogP contribution in [-0.2, 0) is 6.54 Å². The molecule has 21 heavy (non-hydrogen) atoms. The summed E-state index contributed by atoms with van der Waals surface area (Å²) in [6, 6.07) is 9.05. The van der Waals surface area contributed by atoms with Gasteiger partial charge >= 0.3 is 0 Å². The molecular formula is C16H20BrN3O. The molecule has 2 heterocycles. The van der Waals surface area contributed by atoms with Crippen LogP contribution in [0.4, 0.5) is 0 Å². The highest BCUT2D eigenvalue weighted by molar-refractivity contribution is 9.10. The second-order valence-electron chi connectivity index (χ2n) is 5.88. The van der Waals surface area contributed by atoms with E-state index in [1.807, 2.05) is 0 Å². The molecule has 0 bridgehead atoms. The average molecular weight is 350 g/mol. The van der Waals surface area contributed by atoms with Gasteiger partial charge in [0.15, 0.2) is 5.82 Å². The fourth-order valence-electron chi connectivity index (χ4n) is 2.82. The minimum atomic E-state index is 0.309. The van der Waals surface area contributed by atoms with E-state index in [0.717, 1.165) is 29.3 Å². The van der Waals surface area contributed by atoms with Crippen LogP contribution in [-0.4, -0.2) is 21.6 Å². The Balaban J connectivity index is 1.73. The smallest absolute Gasteiger partial charge is 0.240 e. The van der Waals surface area contributed by atoms with Crippen LogP contribution in [0.25, 0.3) is 0 Å². The van der Waals surface area contributed by atoms with Crippen LogP contribution < -0.4 is 0 Å². The molecule has 0 radical (unpaired) electrons. The summed E-state index contributed by atoms with van der Waals surface area (Å²) in [5, 5.41) is 4.05. The predicted octanol–water partition coefficient (Wildman–Crippen LogP) is 4.29. The molecule has 1 aromatic heterocycles. The van der Waals surface area contributed by atoms with Gasteiger partial charge in [0.1, 0.15) is 0 Å². The summed E-state index contributed by atoms with van der Waals surface area (Å²) < 4.78 is 6.50. The zero-order chi connectivity index (χ0) is 14.8. The van der Waals surface area contributed by atoms with E-state index in [1.54, 1.807) is 0 Å². The Hall–Kier alpha value is -1.20. The summed E-state index contributed by atoms with van der Waals surface area (Å²) in [7, 11) is 0. The molecule has 1 fully saturated rings. The van der Waals surface area contributed by atoms with Crippen molar-refractivity contribution in [1.29, 1.82) is 0 Å². The van der Waals surface area contributed by atoms with E-state index in [-0.39, 0.29) is 0 Å². The third-order valence-corrected chi connectivity index (χ3v) is 4.49. The van der Waals surface area contributed by atoms with E-state index in [2.05, 4.69) is 69.1 Å². The van der Waals surface area contributed by atoms with Crippen molar-refractivity contribution in [2.24, 2.45) is 0 Å². The van der Waals surface area contributed by atoms with Crippen molar-refractivity contribution < 1.29 is 4.52 Å². The predicted molar refractivity (Wildman–Crippen MR) is 84.9 cm³/mol. The molecule has 0 amide bonds. The molecule has 0 saturated carbocycles. The van der Waals surface area contributed by atoms with Crippen LogP contribution in [0.1, 0.15) is 55.9 Å². The molecule has 1 aliphatic heterocycles. The van der Waals surface area contributed by atoms with Gasteiger partial charge in [-0.3, -0.25) is 4.90 Å². The first-order valence-corrected chi connectivity index (χ1v) is 8.25. The maximum atomic E-state index is 5.38. The summed E-state index contributed by atoms with van der Waals surface area (Å²) in [6.45, 7) is 5.98.